The molecule has 0 spiro atoms. The van der Waals surface area contributed by atoms with Gasteiger partial charge < -0.3 is 15.9 Å². The number of hydrogen-bond donors (Lipinski definition) is 3. The van der Waals surface area contributed by atoms with Gasteiger partial charge in [-0.25, -0.2) is 0 Å². The molecular formula is C13H20ClNO2. The van der Waals surface area contributed by atoms with Crippen LogP contribution in [0.1, 0.15) is 38.3 Å². The number of halogens is 1. The zero-order valence-electron chi connectivity index (χ0n) is 10.2. The smallest absolute Gasteiger partial charge is 0.139 e. The van der Waals surface area contributed by atoms with Crippen LogP contribution in [0.4, 0.5) is 0 Å². The Morgan fingerprint density at radius 1 is 1.29 bits per heavy atom. The van der Waals surface area contributed by atoms with Crippen molar-refractivity contribution in [2.45, 2.75) is 38.8 Å². The molecule has 0 fully saturated rings. The van der Waals surface area contributed by atoms with E-state index in [4.69, 9.17) is 17.3 Å². The van der Waals surface area contributed by atoms with Crippen LogP contribution in [0.2, 0.25) is 5.02 Å². The van der Waals surface area contributed by atoms with Gasteiger partial charge in [-0.05, 0) is 24.8 Å². The zero-order chi connectivity index (χ0) is 13.0. The monoisotopic (exact) mass is 257 g/mol. The number of benzene rings is 1. The average Bonchev–Trinajstić information content (AvgIpc) is 2.28. The van der Waals surface area contributed by atoms with Gasteiger partial charge >= 0.3 is 0 Å². The van der Waals surface area contributed by atoms with Crippen LogP contribution in [-0.2, 0) is 0 Å². The van der Waals surface area contributed by atoms with Crippen LogP contribution in [0.3, 0.4) is 0 Å². The third-order valence-corrected chi connectivity index (χ3v) is 3.14. The summed E-state index contributed by atoms with van der Waals surface area (Å²) in [4.78, 5) is 0. The highest BCUT2D eigenvalue weighted by atomic mass is 35.5. The molecule has 0 amide bonds. The number of aromatic hydroxyl groups is 1. The molecule has 0 unspecified atom stereocenters. The maximum Gasteiger partial charge on any atom is 0.139 e. The number of hydrogen-bond acceptors (Lipinski definition) is 3. The maximum atomic E-state index is 9.96. The molecule has 0 aliphatic carbocycles. The topological polar surface area (TPSA) is 66.5 Å². The van der Waals surface area contributed by atoms with Crippen molar-refractivity contribution in [2.75, 3.05) is 0 Å². The molecule has 1 rings (SSSR count). The lowest BCUT2D eigenvalue weighted by Gasteiger charge is -2.21. The largest absolute Gasteiger partial charge is 0.506 e. The van der Waals surface area contributed by atoms with Gasteiger partial charge in [-0.3, -0.25) is 0 Å². The van der Waals surface area contributed by atoms with Gasteiger partial charge in [-0.2, -0.15) is 0 Å². The minimum Gasteiger partial charge on any atom is -0.506 e. The molecule has 1 aromatic rings. The molecule has 1 aromatic carbocycles. The fraction of sp³-hybridized carbons (Fsp3) is 0.538. The van der Waals surface area contributed by atoms with E-state index in [9.17, 15) is 10.2 Å². The van der Waals surface area contributed by atoms with Gasteiger partial charge in [0.1, 0.15) is 5.75 Å². The van der Waals surface area contributed by atoms with Crippen LogP contribution in [0.25, 0.3) is 0 Å². The van der Waals surface area contributed by atoms with Gasteiger partial charge in [0.15, 0.2) is 0 Å². The summed E-state index contributed by atoms with van der Waals surface area (Å²) in [5.74, 6) is 0.482. The van der Waals surface area contributed by atoms with Gasteiger partial charge in [-0.15, -0.1) is 0 Å². The van der Waals surface area contributed by atoms with Crippen LogP contribution in [0.5, 0.6) is 5.75 Å². The van der Waals surface area contributed by atoms with Gasteiger partial charge in [-0.1, -0.05) is 37.6 Å². The van der Waals surface area contributed by atoms with Gasteiger partial charge in [0.25, 0.3) is 0 Å². The fourth-order valence-electron chi connectivity index (χ4n) is 1.69. The van der Waals surface area contributed by atoms with E-state index in [0.29, 0.717) is 17.9 Å². The molecule has 2 atom stereocenters. The third-order valence-electron chi connectivity index (χ3n) is 2.83. The Morgan fingerprint density at radius 2 is 1.94 bits per heavy atom. The Morgan fingerprint density at radius 3 is 2.53 bits per heavy atom. The second-order valence-electron chi connectivity index (χ2n) is 4.74. The van der Waals surface area contributed by atoms with Crippen molar-refractivity contribution in [1.29, 1.82) is 0 Å². The normalized spacial score (nSPS) is 14.9. The molecule has 0 bridgehead atoms. The summed E-state index contributed by atoms with van der Waals surface area (Å²) >= 11 is 5.80. The van der Waals surface area contributed by atoms with Crippen molar-refractivity contribution >= 4 is 11.6 Å². The lowest BCUT2D eigenvalue weighted by Crippen LogP contribution is -2.26. The third kappa shape index (κ3) is 3.87. The molecular weight excluding hydrogens is 238 g/mol. The van der Waals surface area contributed by atoms with E-state index >= 15 is 0 Å². The van der Waals surface area contributed by atoms with Crippen molar-refractivity contribution in [1.82, 2.24) is 0 Å². The Hall–Kier alpha value is -0.770. The van der Waals surface area contributed by atoms with Crippen molar-refractivity contribution < 1.29 is 10.2 Å². The van der Waals surface area contributed by atoms with E-state index < -0.39 is 12.1 Å². The first kappa shape index (κ1) is 14.3. The lowest BCUT2D eigenvalue weighted by atomic mass is 9.95. The Kier molecular flexibility index (Phi) is 5.25. The summed E-state index contributed by atoms with van der Waals surface area (Å²) in [6.07, 6.45) is 0.850. The summed E-state index contributed by atoms with van der Waals surface area (Å²) in [6.45, 7) is 4.18. The minimum atomic E-state index is -0.665. The first-order chi connectivity index (χ1) is 7.93. The molecule has 0 aliphatic rings. The second kappa shape index (κ2) is 6.24. The van der Waals surface area contributed by atoms with E-state index in [2.05, 4.69) is 13.8 Å². The zero-order valence-corrected chi connectivity index (χ0v) is 11.0. The summed E-state index contributed by atoms with van der Waals surface area (Å²) in [6, 6.07) is 4.39. The van der Waals surface area contributed by atoms with E-state index in [1.54, 1.807) is 18.2 Å². The molecule has 4 N–H and O–H groups in total. The number of rotatable bonds is 5. The fourth-order valence-corrected chi connectivity index (χ4v) is 1.87. The Balaban J connectivity index is 2.74. The Labute approximate surface area is 107 Å². The van der Waals surface area contributed by atoms with Crippen LogP contribution in [0.15, 0.2) is 18.2 Å². The van der Waals surface area contributed by atoms with Crippen molar-refractivity contribution in [3.63, 3.8) is 0 Å². The molecule has 0 saturated carbocycles. The maximum absolute atomic E-state index is 9.96. The van der Waals surface area contributed by atoms with Gasteiger partial charge in [0, 0.05) is 5.56 Å². The van der Waals surface area contributed by atoms with Crippen LogP contribution < -0.4 is 5.73 Å². The standard InChI is InChI=1S/C13H20ClNO2/c1-8(2)6-7-11(16)12(15)9-4-3-5-10(14)13(9)17/h3-5,8,11-12,16-17H,6-7,15H2,1-2H3/t11-,12+/m0/s1. The highest BCUT2D eigenvalue weighted by molar-refractivity contribution is 6.32. The van der Waals surface area contributed by atoms with Crippen molar-refractivity contribution in [3.05, 3.63) is 28.8 Å². The highest BCUT2D eigenvalue weighted by Crippen LogP contribution is 2.32. The molecule has 0 saturated heterocycles. The number of nitrogens with two attached hydrogens (primary N) is 1. The van der Waals surface area contributed by atoms with E-state index in [-0.39, 0.29) is 10.8 Å². The van der Waals surface area contributed by atoms with Crippen LogP contribution in [-0.4, -0.2) is 16.3 Å². The lowest BCUT2D eigenvalue weighted by molar-refractivity contribution is 0.127. The first-order valence-electron chi connectivity index (χ1n) is 5.84. The van der Waals surface area contributed by atoms with E-state index in [0.717, 1.165) is 6.42 Å². The van der Waals surface area contributed by atoms with Crippen molar-refractivity contribution in [2.24, 2.45) is 11.7 Å². The molecule has 0 aromatic heterocycles. The Bertz CT molecular complexity index is 368. The molecule has 0 heterocycles. The summed E-state index contributed by atoms with van der Waals surface area (Å²) < 4.78 is 0. The van der Waals surface area contributed by atoms with Crippen molar-refractivity contribution in [3.8, 4) is 5.75 Å². The molecule has 96 valence electrons. The van der Waals surface area contributed by atoms with Gasteiger partial charge in [0.2, 0.25) is 0 Å². The summed E-state index contributed by atoms with van der Waals surface area (Å²) in [5.41, 5.74) is 6.42. The molecule has 0 aliphatic heterocycles. The SMILES string of the molecule is CC(C)CC[C@H](O)[C@H](N)c1cccc(Cl)c1O. The number of aliphatic hydroxyl groups is 1. The van der Waals surface area contributed by atoms with Gasteiger partial charge in [0.05, 0.1) is 17.2 Å². The van der Waals surface area contributed by atoms with E-state index in [1.807, 2.05) is 0 Å². The number of aliphatic hydroxyl groups excluding tert-OH is 1. The number of phenolic OH excluding ortho intramolecular Hbond substituents is 1. The molecule has 3 nitrogen and oxygen atoms in total. The minimum absolute atomic E-state index is 0.0368. The highest BCUT2D eigenvalue weighted by Gasteiger charge is 2.20. The first-order valence-corrected chi connectivity index (χ1v) is 6.22. The molecule has 4 heteroatoms. The van der Waals surface area contributed by atoms with E-state index in [1.165, 1.54) is 0 Å². The predicted molar refractivity (Wildman–Crippen MR) is 70.1 cm³/mol. The quantitative estimate of drug-likeness (QED) is 0.760. The second-order valence-corrected chi connectivity index (χ2v) is 5.15. The number of para-hydroxylation sites is 1. The van der Waals surface area contributed by atoms with Crippen LogP contribution >= 0.6 is 11.6 Å². The summed E-state index contributed by atoms with van der Waals surface area (Å²) in [7, 11) is 0. The number of phenols is 1. The summed E-state index contributed by atoms with van der Waals surface area (Å²) in [5, 5.41) is 20.0. The molecule has 17 heavy (non-hydrogen) atoms. The molecule has 0 radical (unpaired) electrons. The average molecular weight is 258 g/mol. The predicted octanol–water partition coefficient (Wildman–Crippen LogP) is 2.84. The van der Waals surface area contributed by atoms with Crippen LogP contribution in [0, 0.1) is 5.92 Å².